The number of alkyl halides is 6. The zero-order valence-electron chi connectivity index (χ0n) is 20.6. The van der Waals surface area contributed by atoms with Gasteiger partial charge in [0.15, 0.2) is 0 Å². The molecule has 0 spiro atoms. The molecule has 1 aliphatic heterocycles. The van der Waals surface area contributed by atoms with Gasteiger partial charge in [-0.05, 0) is 35.9 Å². The number of hydrogen-bond acceptors (Lipinski definition) is 4. The molecule has 1 aliphatic rings. The molecule has 2 aromatic rings. The molecule has 0 saturated heterocycles. The van der Waals surface area contributed by atoms with E-state index >= 15 is 0 Å². The van der Waals surface area contributed by atoms with Crippen molar-refractivity contribution in [3.05, 3.63) is 81.9 Å². The molecular formula is C26H21Cl2F6N3O3. The smallest absolute Gasteiger partial charge is 0.374 e. The van der Waals surface area contributed by atoms with Crippen molar-refractivity contribution in [2.45, 2.75) is 31.3 Å². The van der Waals surface area contributed by atoms with Gasteiger partial charge in [0.25, 0.3) is 11.5 Å². The molecule has 6 nitrogen and oxygen atoms in total. The first-order chi connectivity index (χ1) is 18.5. The van der Waals surface area contributed by atoms with E-state index in [4.69, 9.17) is 28.0 Å². The highest BCUT2D eigenvalue weighted by atomic mass is 35.5. The maximum absolute atomic E-state index is 14.3. The number of oxime groups is 1. The van der Waals surface area contributed by atoms with Crippen LogP contribution >= 0.6 is 23.2 Å². The summed E-state index contributed by atoms with van der Waals surface area (Å²) in [6.07, 6.45) is -8.08. The van der Waals surface area contributed by atoms with Crippen molar-refractivity contribution in [1.82, 2.24) is 10.6 Å². The Morgan fingerprint density at radius 1 is 1.05 bits per heavy atom. The summed E-state index contributed by atoms with van der Waals surface area (Å²) in [5.41, 5.74) is -3.24. The molecule has 3 rings (SSSR count). The molecule has 0 saturated carbocycles. The van der Waals surface area contributed by atoms with Crippen LogP contribution in [0, 0.1) is 0 Å². The first kappa shape index (κ1) is 31.0. The van der Waals surface area contributed by atoms with Crippen molar-refractivity contribution in [2.75, 3.05) is 13.1 Å². The van der Waals surface area contributed by atoms with Gasteiger partial charge in [0.1, 0.15) is 6.54 Å². The highest BCUT2D eigenvalue weighted by molar-refractivity contribution is 6.34. The van der Waals surface area contributed by atoms with Gasteiger partial charge in [-0.1, -0.05) is 65.3 Å². The van der Waals surface area contributed by atoms with Gasteiger partial charge < -0.3 is 15.5 Å². The van der Waals surface area contributed by atoms with E-state index in [1.54, 1.807) is 23.5 Å². The fourth-order valence-corrected chi connectivity index (χ4v) is 4.33. The standard InChI is InChI=1S/C26H21Cl2F6N3O3/c1-14(9-16(28)10-15(2)27)24(26(32,33)34)11-21(37-40-24)19-7-8-20(18-6-4-3-5-17(18)19)23(39)35-12-22(38)36-13-25(29,30)31/h3-10H,1,11-13H2,2H3,(H,35,39)(H,36,38)/b15-10+,16-9+/t24-/m0/s1. The lowest BCUT2D eigenvalue weighted by atomic mass is 9.85. The molecule has 40 heavy (non-hydrogen) atoms. The van der Waals surface area contributed by atoms with Crippen LogP contribution in [-0.4, -0.2) is 48.6 Å². The van der Waals surface area contributed by atoms with Crippen LogP contribution in [0.2, 0.25) is 0 Å². The van der Waals surface area contributed by atoms with E-state index < -0.39 is 54.9 Å². The van der Waals surface area contributed by atoms with Crippen molar-refractivity contribution in [3.8, 4) is 0 Å². The highest BCUT2D eigenvalue weighted by Gasteiger charge is 2.62. The molecule has 14 heteroatoms. The first-order valence-corrected chi connectivity index (χ1v) is 12.2. The number of halogens is 8. The van der Waals surface area contributed by atoms with Crippen LogP contribution in [0.5, 0.6) is 0 Å². The van der Waals surface area contributed by atoms with Crippen LogP contribution in [-0.2, 0) is 9.63 Å². The molecule has 1 atom stereocenters. The fourth-order valence-electron chi connectivity index (χ4n) is 3.86. The molecule has 2 aromatic carbocycles. The molecule has 2 N–H and O–H groups in total. The van der Waals surface area contributed by atoms with Crippen molar-refractivity contribution in [2.24, 2.45) is 5.16 Å². The van der Waals surface area contributed by atoms with Crippen LogP contribution in [0.3, 0.4) is 0 Å². The number of carbonyl (C=O) groups is 2. The van der Waals surface area contributed by atoms with E-state index in [1.807, 2.05) is 0 Å². The number of benzene rings is 2. The summed E-state index contributed by atoms with van der Waals surface area (Å²) in [6, 6.07) is 8.90. The van der Waals surface area contributed by atoms with Crippen molar-refractivity contribution in [1.29, 1.82) is 0 Å². The van der Waals surface area contributed by atoms with Crippen LogP contribution in [0.4, 0.5) is 26.3 Å². The summed E-state index contributed by atoms with van der Waals surface area (Å²) in [5.74, 6) is -1.84. The summed E-state index contributed by atoms with van der Waals surface area (Å²) in [5, 5.41) is 8.35. The summed E-state index contributed by atoms with van der Waals surface area (Å²) < 4.78 is 79.7. The number of hydrogen-bond donors (Lipinski definition) is 2. The Morgan fingerprint density at radius 2 is 1.70 bits per heavy atom. The van der Waals surface area contributed by atoms with Gasteiger partial charge >= 0.3 is 12.4 Å². The number of allylic oxidation sites excluding steroid dienone is 3. The van der Waals surface area contributed by atoms with E-state index in [1.165, 1.54) is 31.2 Å². The first-order valence-electron chi connectivity index (χ1n) is 11.4. The predicted molar refractivity (Wildman–Crippen MR) is 139 cm³/mol. The van der Waals surface area contributed by atoms with Gasteiger partial charge in [-0.15, -0.1) is 0 Å². The zero-order chi connectivity index (χ0) is 29.9. The molecule has 0 unspecified atom stereocenters. The third-order valence-corrected chi connectivity index (χ3v) is 6.06. The quantitative estimate of drug-likeness (QED) is 0.266. The predicted octanol–water partition coefficient (Wildman–Crippen LogP) is 6.50. The summed E-state index contributed by atoms with van der Waals surface area (Å²) in [6.45, 7) is 2.72. The Hall–Kier alpha value is -3.51. The molecule has 0 bridgehead atoms. The molecule has 0 aromatic heterocycles. The number of amides is 2. The minimum atomic E-state index is -4.94. The topological polar surface area (TPSA) is 79.8 Å². The van der Waals surface area contributed by atoms with E-state index in [9.17, 15) is 35.9 Å². The SMILES string of the molecule is C=C(/C=C(Cl)\C=C(/C)Cl)[C@]1(C(F)(F)F)CC(c2ccc(C(=O)NCC(=O)NCC(F)(F)F)c3ccccc23)=NO1. The van der Waals surface area contributed by atoms with E-state index in [2.05, 4.69) is 17.1 Å². The lowest BCUT2D eigenvalue weighted by Crippen LogP contribution is -2.46. The second-order valence-corrected chi connectivity index (χ2v) is 9.73. The van der Waals surface area contributed by atoms with Crippen LogP contribution < -0.4 is 10.6 Å². The number of nitrogens with zero attached hydrogens (tertiary/aromatic N) is 1. The minimum absolute atomic E-state index is 0.0342. The normalized spacial score (nSPS) is 18.3. The largest absolute Gasteiger partial charge is 0.435 e. The average Bonchev–Trinajstić information content (AvgIpc) is 3.31. The number of fused-ring (bicyclic) bond motifs is 1. The van der Waals surface area contributed by atoms with Gasteiger partial charge in [0, 0.05) is 33.2 Å². The minimum Gasteiger partial charge on any atom is -0.374 e. The maximum Gasteiger partial charge on any atom is 0.435 e. The van der Waals surface area contributed by atoms with Crippen LogP contribution in [0.15, 0.2) is 75.9 Å². The summed E-state index contributed by atoms with van der Waals surface area (Å²) in [4.78, 5) is 29.4. The van der Waals surface area contributed by atoms with Crippen LogP contribution in [0.1, 0.15) is 29.3 Å². The van der Waals surface area contributed by atoms with Crippen molar-refractivity contribution in [3.63, 3.8) is 0 Å². The van der Waals surface area contributed by atoms with E-state index in [-0.39, 0.29) is 26.9 Å². The third kappa shape index (κ3) is 7.16. The third-order valence-electron chi connectivity index (χ3n) is 5.73. The lowest BCUT2D eigenvalue weighted by Gasteiger charge is -2.29. The highest BCUT2D eigenvalue weighted by Crippen LogP contribution is 2.47. The average molecular weight is 608 g/mol. The molecule has 0 aliphatic carbocycles. The number of rotatable bonds is 8. The Labute approximate surface area is 234 Å². The monoisotopic (exact) mass is 607 g/mol. The van der Waals surface area contributed by atoms with Gasteiger partial charge in [0.2, 0.25) is 5.91 Å². The fraction of sp³-hybridized carbons (Fsp3) is 0.269. The molecule has 0 fully saturated rings. The number of nitrogens with one attached hydrogen (secondary N) is 2. The van der Waals surface area contributed by atoms with Gasteiger partial charge in [-0.25, -0.2) is 0 Å². The molecule has 214 valence electrons. The Morgan fingerprint density at radius 3 is 2.30 bits per heavy atom. The van der Waals surface area contributed by atoms with Crippen molar-refractivity contribution >= 4 is 51.5 Å². The molecule has 0 radical (unpaired) electrons. The summed E-state index contributed by atoms with van der Waals surface area (Å²) in [7, 11) is 0. The lowest BCUT2D eigenvalue weighted by molar-refractivity contribution is -0.251. The molecule has 1 heterocycles. The molecular weight excluding hydrogens is 587 g/mol. The van der Waals surface area contributed by atoms with Crippen LogP contribution in [0.25, 0.3) is 10.8 Å². The van der Waals surface area contributed by atoms with Crippen molar-refractivity contribution < 1.29 is 40.8 Å². The molecule has 2 amide bonds. The van der Waals surface area contributed by atoms with Gasteiger partial charge in [0.05, 0.1) is 12.3 Å². The van der Waals surface area contributed by atoms with E-state index in [0.29, 0.717) is 10.8 Å². The van der Waals surface area contributed by atoms with E-state index in [0.717, 1.165) is 6.08 Å². The maximum atomic E-state index is 14.3. The second kappa shape index (κ2) is 11.9. The summed E-state index contributed by atoms with van der Waals surface area (Å²) >= 11 is 11.7. The van der Waals surface area contributed by atoms with Gasteiger partial charge in [-0.2, -0.15) is 26.3 Å². The second-order valence-electron chi connectivity index (χ2n) is 8.70. The zero-order valence-corrected chi connectivity index (χ0v) is 22.2. The number of carbonyl (C=O) groups excluding carboxylic acids is 2. The Bertz CT molecular complexity index is 1430. The van der Waals surface area contributed by atoms with Gasteiger partial charge in [-0.3, -0.25) is 9.59 Å². The Kier molecular flexibility index (Phi) is 9.25. The Balaban J connectivity index is 1.89.